The lowest BCUT2D eigenvalue weighted by Gasteiger charge is -2.04. The molecular weight excluding hydrogens is 284 g/mol. The predicted octanol–water partition coefficient (Wildman–Crippen LogP) is 2.28. The SMILES string of the molecule is CCOC(=O)CCCNCc1cccc(Br)n1. The summed E-state index contributed by atoms with van der Waals surface area (Å²) in [6.45, 7) is 3.76. The molecule has 4 nitrogen and oxygen atoms in total. The Morgan fingerprint density at radius 2 is 2.35 bits per heavy atom. The summed E-state index contributed by atoms with van der Waals surface area (Å²) < 4.78 is 5.67. The van der Waals surface area contributed by atoms with Crippen LogP contribution in [0.2, 0.25) is 0 Å². The highest BCUT2D eigenvalue weighted by Crippen LogP contribution is 2.05. The van der Waals surface area contributed by atoms with Crippen LogP contribution in [0, 0.1) is 0 Å². The van der Waals surface area contributed by atoms with Crippen LogP contribution in [0.4, 0.5) is 0 Å². The van der Waals surface area contributed by atoms with E-state index in [9.17, 15) is 4.79 Å². The molecule has 94 valence electrons. The molecule has 0 aliphatic rings. The molecule has 1 heterocycles. The normalized spacial score (nSPS) is 10.2. The minimum Gasteiger partial charge on any atom is -0.466 e. The number of rotatable bonds is 7. The van der Waals surface area contributed by atoms with Crippen molar-refractivity contribution in [1.29, 1.82) is 0 Å². The number of halogens is 1. The molecule has 1 N–H and O–H groups in total. The highest BCUT2D eigenvalue weighted by molar-refractivity contribution is 9.10. The molecule has 0 unspecified atom stereocenters. The summed E-state index contributed by atoms with van der Waals surface area (Å²) in [5.74, 6) is -0.130. The summed E-state index contributed by atoms with van der Waals surface area (Å²) in [4.78, 5) is 15.4. The van der Waals surface area contributed by atoms with E-state index in [2.05, 4.69) is 26.2 Å². The molecule has 1 aromatic rings. The second kappa shape index (κ2) is 8.20. The summed E-state index contributed by atoms with van der Waals surface area (Å²) in [5.41, 5.74) is 0.982. The molecule has 0 spiro atoms. The van der Waals surface area contributed by atoms with E-state index in [-0.39, 0.29) is 5.97 Å². The van der Waals surface area contributed by atoms with Gasteiger partial charge in [0.05, 0.1) is 12.3 Å². The van der Waals surface area contributed by atoms with Crippen molar-refractivity contribution < 1.29 is 9.53 Å². The molecule has 1 rings (SSSR count). The zero-order chi connectivity index (χ0) is 12.5. The van der Waals surface area contributed by atoms with Crippen LogP contribution >= 0.6 is 15.9 Å². The highest BCUT2D eigenvalue weighted by atomic mass is 79.9. The van der Waals surface area contributed by atoms with Crippen molar-refractivity contribution in [2.24, 2.45) is 0 Å². The zero-order valence-corrected chi connectivity index (χ0v) is 11.5. The first-order valence-electron chi connectivity index (χ1n) is 5.70. The first kappa shape index (κ1) is 14.1. The Hall–Kier alpha value is -0.940. The number of carbonyl (C=O) groups excluding carboxylic acids is 1. The first-order chi connectivity index (χ1) is 8.22. The number of ether oxygens (including phenoxy) is 1. The topological polar surface area (TPSA) is 51.2 Å². The van der Waals surface area contributed by atoms with E-state index in [0.29, 0.717) is 19.6 Å². The maximum atomic E-state index is 11.1. The summed E-state index contributed by atoms with van der Waals surface area (Å²) in [5, 5.41) is 3.24. The molecule has 0 saturated heterocycles. The fourth-order valence-corrected chi connectivity index (χ4v) is 1.74. The van der Waals surface area contributed by atoms with E-state index in [1.165, 1.54) is 0 Å². The molecule has 0 bridgehead atoms. The van der Waals surface area contributed by atoms with Crippen molar-refractivity contribution in [3.8, 4) is 0 Å². The van der Waals surface area contributed by atoms with Gasteiger partial charge in [0.15, 0.2) is 0 Å². The monoisotopic (exact) mass is 300 g/mol. The van der Waals surface area contributed by atoms with Gasteiger partial charge in [0.2, 0.25) is 0 Å². The Labute approximate surface area is 110 Å². The van der Waals surface area contributed by atoms with Crippen LogP contribution in [-0.2, 0) is 16.1 Å². The quantitative estimate of drug-likeness (QED) is 0.477. The van der Waals surface area contributed by atoms with Gasteiger partial charge < -0.3 is 10.1 Å². The van der Waals surface area contributed by atoms with Crippen molar-refractivity contribution in [1.82, 2.24) is 10.3 Å². The van der Waals surface area contributed by atoms with E-state index in [0.717, 1.165) is 23.3 Å². The maximum absolute atomic E-state index is 11.1. The summed E-state index contributed by atoms with van der Waals surface area (Å²) >= 11 is 3.32. The van der Waals surface area contributed by atoms with E-state index < -0.39 is 0 Å². The Kier molecular flexibility index (Phi) is 6.81. The average molecular weight is 301 g/mol. The number of esters is 1. The molecular formula is C12H17BrN2O2. The van der Waals surface area contributed by atoms with Gasteiger partial charge in [-0.1, -0.05) is 6.07 Å². The molecule has 0 atom stereocenters. The van der Waals surface area contributed by atoms with Gasteiger partial charge in [0, 0.05) is 13.0 Å². The van der Waals surface area contributed by atoms with Crippen molar-refractivity contribution in [3.05, 3.63) is 28.5 Å². The second-order valence-electron chi connectivity index (χ2n) is 3.54. The van der Waals surface area contributed by atoms with Crippen molar-refractivity contribution in [2.75, 3.05) is 13.2 Å². The number of nitrogens with one attached hydrogen (secondary N) is 1. The van der Waals surface area contributed by atoms with Crippen LogP contribution in [0.1, 0.15) is 25.5 Å². The smallest absolute Gasteiger partial charge is 0.305 e. The molecule has 0 amide bonds. The molecule has 0 aliphatic carbocycles. The first-order valence-corrected chi connectivity index (χ1v) is 6.49. The number of pyridine rings is 1. The van der Waals surface area contributed by atoms with Crippen LogP contribution in [0.15, 0.2) is 22.8 Å². The molecule has 0 saturated carbocycles. The van der Waals surface area contributed by atoms with Crippen LogP contribution < -0.4 is 5.32 Å². The number of nitrogens with zero attached hydrogens (tertiary/aromatic N) is 1. The number of carbonyl (C=O) groups is 1. The molecule has 5 heteroatoms. The Morgan fingerprint density at radius 3 is 3.06 bits per heavy atom. The summed E-state index contributed by atoms with van der Waals surface area (Å²) in [7, 11) is 0. The van der Waals surface area contributed by atoms with Gasteiger partial charge in [0.1, 0.15) is 4.60 Å². The van der Waals surface area contributed by atoms with E-state index in [4.69, 9.17) is 4.74 Å². The molecule has 0 aliphatic heterocycles. The molecule has 0 aromatic carbocycles. The van der Waals surface area contributed by atoms with E-state index >= 15 is 0 Å². The Bertz CT molecular complexity index is 358. The van der Waals surface area contributed by atoms with E-state index in [1.807, 2.05) is 25.1 Å². The largest absolute Gasteiger partial charge is 0.466 e. The number of hydrogen-bond acceptors (Lipinski definition) is 4. The lowest BCUT2D eigenvalue weighted by Crippen LogP contribution is -2.17. The molecule has 1 aromatic heterocycles. The summed E-state index contributed by atoms with van der Waals surface area (Å²) in [6, 6.07) is 5.81. The zero-order valence-electron chi connectivity index (χ0n) is 9.91. The van der Waals surface area contributed by atoms with Crippen LogP contribution in [0.25, 0.3) is 0 Å². The van der Waals surface area contributed by atoms with Gasteiger partial charge >= 0.3 is 5.97 Å². The van der Waals surface area contributed by atoms with Gasteiger partial charge in [-0.05, 0) is 48.0 Å². The standard InChI is InChI=1S/C12H17BrN2O2/c1-2-17-12(16)7-4-8-14-9-10-5-3-6-11(13)15-10/h3,5-6,14H,2,4,7-9H2,1H3. The lowest BCUT2D eigenvalue weighted by atomic mass is 10.3. The van der Waals surface area contributed by atoms with Crippen molar-refractivity contribution in [3.63, 3.8) is 0 Å². The lowest BCUT2D eigenvalue weighted by molar-refractivity contribution is -0.143. The van der Waals surface area contributed by atoms with Crippen LogP contribution in [0.3, 0.4) is 0 Å². The van der Waals surface area contributed by atoms with Crippen molar-refractivity contribution in [2.45, 2.75) is 26.3 Å². The second-order valence-corrected chi connectivity index (χ2v) is 4.35. The third-order valence-electron chi connectivity index (χ3n) is 2.12. The minimum atomic E-state index is -0.130. The third-order valence-corrected chi connectivity index (χ3v) is 2.56. The van der Waals surface area contributed by atoms with Gasteiger partial charge in [-0.15, -0.1) is 0 Å². The van der Waals surface area contributed by atoms with Gasteiger partial charge in [0.25, 0.3) is 0 Å². The molecule has 17 heavy (non-hydrogen) atoms. The fraction of sp³-hybridized carbons (Fsp3) is 0.500. The third kappa shape index (κ3) is 6.38. The highest BCUT2D eigenvalue weighted by Gasteiger charge is 2.00. The maximum Gasteiger partial charge on any atom is 0.305 e. The van der Waals surface area contributed by atoms with Crippen molar-refractivity contribution >= 4 is 21.9 Å². The number of hydrogen-bond donors (Lipinski definition) is 1. The van der Waals surface area contributed by atoms with Gasteiger partial charge in [-0.25, -0.2) is 4.98 Å². The summed E-state index contributed by atoms with van der Waals surface area (Å²) in [6.07, 6.45) is 1.25. The Balaban J connectivity index is 2.10. The fourth-order valence-electron chi connectivity index (χ4n) is 1.36. The predicted molar refractivity (Wildman–Crippen MR) is 69.5 cm³/mol. The van der Waals surface area contributed by atoms with Gasteiger partial charge in [-0.2, -0.15) is 0 Å². The minimum absolute atomic E-state index is 0.130. The van der Waals surface area contributed by atoms with Gasteiger partial charge in [-0.3, -0.25) is 4.79 Å². The number of aromatic nitrogens is 1. The average Bonchev–Trinajstić information content (AvgIpc) is 2.29. The van der Waals surface area contributed by atoms with Crippen LogP contribution in [0.5, 0.6) is 0 Å². The molecule has 0 fully saturated rings. The molecule has 0 radical (unpaired) electrons. The Morgan fingerprint density at radius 1 is 1.53 bits per heavy atom. The van der Waals surface area contributed by atoms with E-state index in [1.54, 1.807) is 0 Å². The van der Waals surface area contributed by atoms with Crippen LogP contribution in [-0.4, -0.2) is 24.1 Å².